The van der Waals surface area contributed by atoms with Crippen LogP contribution in [0.5, 0.6) is 0 Å². The van der Waals surface area contributed by atoms with Gasteiger partial charge in [0.1, 0.15) is 11.6 Å². The average Bonchev–Trinajstić information content (AvgIpc) is 3.05. The normalized spacial score (nSPS) is 29.9. The monoisotopic (exact) mass is 279 g/mol. The van der Waals surface area contributed by atoms with Crippen LogP contribution in [0.2, 0.25) is 0 Å². The summed E-state index contributed by atoms with van der Waals surface area (Å²) in [6.45, 7) is 2.96. The molecular weight excluding hydrogens is 256 g/mol. The number of nitrogens with one attached hydrogen (secondary N) is 1. The summed E-state index contributed by atoms with van der Waals surface area (Å²) < 4.78 is 27.6. The molecule has 3 heteroatoms. The topological polar surface area (TPSA) is 12.0 Å². The van der Waals surface area contributed by atoms with E-state index in [9.17, 15) is 8.78 Å². The van der Waals surface area contributed by atoms with Crippen molar-refractivity contribution in [2.24, 2.45) is 17.8 Å². The average molecular weight is 279 g/mol. The number of halogens is 2. The van der Waals surface area contributed by atoms with Crippen molar-refractivity contribution in [1.29, 1.82) is 0 Å². The van der Waals surface area contributed by atoms with Crippen LogP contribution in [0.1, 0.15) is 50.6 Å². The lowest BCUT2D eigenvalue weighted by Crippen LogP contribution is -2.32. The molecule has 2 saturated carbocycles. The van der Waals surface area contributed by atoms with Crippen LogP contribution in [-0.4, -0.2) is 6.54 Å². The Hall–Kier alpha value is -0.960. The summed E-state index contributed by atoms with van der Waals surface area (Å²) in [5.41, 5.74) is 0.524. The van der Waals surface area contributed by atoms with Crippen LogP contribution < -0.4 is 5.32 Å². The molecule has 2 aliphatic carbocycles. The standard InChI is InChI=1S/C17H23F2N/c1-2-7-20-17(14-9-11-3-4-12(14)8-11)15-10-13(18)5-6-16(15)19/h5-6,10-12,14,17,20H,2-4,7-9H2,1H3. The maximum Gasteiger partial charge on any atom is 0.128 e. The molecule has 0 radical (unpaired) electrons. The molecule has 1 nitrogen and oxygen atoms in total. The van der Waals surface area contributed by atoms with E-state index in [0.29, 0.717) is 17.4 Å². The molecule has 2 fully saturated rings. The summed E-state index contributed by atoms with van der Waals surface area (Å²) in [6.07, 6.45) is 6.05. The van der Waals surface area contributed by atoms with Crippen molar-refractivity contribution < 1.29 is 8.78 Å². The molecule has 0 aliphatic heterocycles. The van der Waals surface area contributed by atoms with Gasteiger partial charge < -0.3 is 5.32 Å². The van der Waals surface area contributed by atoms with Crippen molar-refractivity contribution >= 4 is 0 Å². The number of hydrogen-bond acceptors (Lipinski definition) is 1. The quantitative estimate of drug-likeness (QED) is 0.840. The first-order chi connectivity index (χ1) is 9.69. The maximum atomic E-state index is 14.1. The molecule has 1 aromatic carbocycles. The molecule has 1 aromatic rings. The summed E-state index contributed by atoms with van der Waals surface area (Å²) >= 11 is 0. The van der Waals surface area contributed by atoms with E-state index in [1.807, 2.05) is 0 Å². The molecule has 0 spiro atoms. The van der Waals surface area contributed by atoms with Crippen LogP contribution in [0.3, 0.4) is 0 Å². The van der Waals surface area contributed by atoms with E-state index in [0.717, 1.165) is 18.9 Å². The third kappa shape index (κ3) is 2.60. The van der Waals surface area contributed by atoms with E-state index in [1.165, 1.54) is 43.9 Å². The fourth-order valence-corrected chi connectivity index (χ4v) is 4.25. The van der Waals surface area contributed by atoms with E-state index in [1.54, 1.807) is 0 Å². The predicted molar refractivity (Wildman–Crippen MR) is 76.3 cm³/mol. The molecule has 2 aliphatic rings. The Morgan fingerprint density at radius 3 is 2.75 bits per heavy atom. The highest BCUT2D eigenvalue weighted by Crippen LogP contribution is 2.52. The first kappa shape index (κ1) is 14.0. The van der Waals surface area contributed by atoms with Gasteiger partial charge in [-0.1, -0.05) is 13.3 Å². The highest BCUT2D eigenvalue weighted by atomic mass is 19.1. The van der Waals surface area contributed by atoms with Gasteiger partial charge in [-0.15, -0.1) is 0 Å². The highest BCUT2D eigenvalue weighted by molar-refractivity contribution is 5.24. The lowest BCUT2D eigenvalue weighted by Gasteiger charge is -2.32. The fourth-order valence-electron chi connectivity index (χ4n) is 4.25. The molecule has 0 aromatic heterocycles. The van der Waals surface area contributed by atoms with Crippen LogP contribution in [0.15, 0.2) is 18.2 Å². The SMILES string of the molecule is CCCNC(c1cc(F)ccc1F)C1CC2CCC1C2. The van der Waals surface area contributed by atoms with Crippen molar-refractivity contribution in [3.05, 3.63) is 35.4 Å². The Labute approximate surface area is 119 Å². The summed E-state index contributed by atoms with van der Waals surface area (Å²) in [5, 5.41) is 3.47. The first-order valence-corrected chi connectivity index (χ1v) is 7.87. The van der Waals surface area contributed by atoms with E-state index < -0.39 is 0 Å². The minimum atomic E-state index is -0.340. The zero-order valence-corrected chi connectivity index (χ0v) is 12.0. The molecule has 20 heavy (non-hydrogen) atoms. The zero-order valence-electron chi connectivity index (χ0n) is 12.0. The second kappa shape index (κ2) is 5.80. The van der Waals surface area contributed by atoms with E-state index in [4.69, 9.17) is 0 Å². The van der Waals surface area contributed by atoms with Gasteiger partial charge >= 0.3 is 0 Å². The van der Waals surface area contributed by atoms with Crippen molar-refractivity contribution in [3.63, 3.8) is 0 Å². The smallest absolute Gasteiger partial charge is 0.128 e. The molecule has 2 bridgehead atoms. The Morgan fingerprint density at radius 1 is 1.25 bits per heavy atom. The van der Waals surface area contributed by atoms with E-state index in [-0.39, 0.29) is 17.7 Å². The van der Waals surface area contributed by atoms with Crippen molar-refractivity contribution in [2.45, 2.75) is 45.1 Å². The number of fused-ring (bicyclic) bond motifs is 2. The molecule has 4 unspecified atom stereocenters. The van der Waals surface area contributed by atoms with Crippen LogP contribution in [0, 0.1) is 29.4 Å². The molecule has 3 rings (SSSR count). The Kier molecular flexibility index (Phi) is 4.06. The summed E-state index contributed by atoms with van der Waals surface area (Å²) in [6, 6.07) is 3.82. The van der Waals surface area contributed by atoms with Crippen molar-refractivity contribution in [1.82, 2.24) is 5.32 Å². The van der Waals surface area contributed by atoms with E-state index in [2.05, 4.69) is 12.2 Å². The number of rotatable bonds is 5. The van der Waals surface area contributed by atoms with Gasteiger partial charge in [0.25, 0.3) is 0 Å². The molecule has 0 heterocycles. The first-order valence-electron chi connectivity index (χ1n) is 7.87. The lowest BCUT2D eigenvalue weighted by molar-refractivity contribution is 0.246. The molecule has 4 atom stereocenters. The molecule has 0 saturated heterocycles. The van der Waals surface area contributed by atoms with Gasteiger partial charge in [0, 0.05) is 11.6 Å². The molecule has 110 valence electrons. The Morgan fingerprint density at radius 2 is 2.10 bits per heavy atom. The van der Waals surface area contributed by atoms with Gasteiger partial charge in [-0.25, -0.2) is 8.78 Å². The van der Waals surface area contributed by atoms with Crippen LogP contribution in [0.25, 0.3) is 0 Å². The van der Waals surface area contributed by atoms with E-state index >= 15 is 0 Å². The number of benzene rings is 1. The van der Waals surface area contributed by atoms with Crippen LogP contribution in [0.4, 0.5) is 8.78 Å². The zero-order chi connectivity index (χ0) is 14.1. The third-order valence-electron chi connectivity index (χ3n) is 5.13. The van der Waals surface area contributed by atoms with Crippen molar-refractivity contribution in [3.8, 4) is 0 Å². The van der Waals surface area contributed by atoms with Gasteiger partial charge in [-0.05, 0) is 68.2 Å². The second-order valence-corrected chi connectivity index (χ2v) is 6.44. The van der Waals surface area contributed by atoms with Gasteiger partial charge in [-0.2, -0.15) is 0 Å². The summed E-state index contributed by atoms with van der Waals surface area (Å²) in [7, 11) is 0. The molecule has 0 amide bonds. The number of hydrogen-bond donors (Lipinski definition) is 1. The summed E-state index contributed by atoms with van der Waals surface area (Å²) in [4.78, 5) is 0. The van der Waals surface area contributed by atoms with Gasteiger partial charge in [0.15, 0.2) is 0 Å². The molecular formula is C17H23F2N. The Bertz CT molecular complexity index is 474. The highest BCUT2D eigenvalue weighted by Gasteiger charge is 2.43. The fraction of sp³-hybridized carbons (Fsp3) is 0.647. The predicted octanol–water partition coefficient (Wildman–Crippen LogP) is 4.44. The maximum absolute atomic E-state index is 14.1. The third-order valence-corrected chi connectivity index (χ3v) is 5.13. The largest absolute Gasteiger partial charge is 0.310 e. The lowest BCUT2D eigenvalue weighted by atomic mass is 9.80. The minimum Gasteiger partial charge on any atom is -0.310 e. The Balaban J connectivity index is 1.87. The minimum absolute atomic E-state index is 0.0269. The summed E-state index contributed by atoms with van der Waals surface area (Å²) in [5.74, 6) is 1.36. The van der Waals surface area contributed by atoms with Gasteiger partial charge in [0.2, 0.25) is 0 Å². The van der Waals surface area contributed by atoms with Crippen molar-refractivity contribution in [2.75, 3.05) is 6.54 Å². The molecule has 1 N–H and O–H groups in total. The second-order valence-electron chi connectivity index (χ2n) is 6.44. The van der Waals surface area contributed by atoms with Gasteiger partial charge in [-0.3, -0.25) is 0 Å². The van der Waals surface area contributed by atoms with Crippen LogP contribution >= 0.6 is 0 Å². The van der Waals surface area contributed by atoms with Gasteiger partial charge in [0.05, 0.1) is 0 Å². The van der Waals surface area contributed by atoms with Crippen LogP contribution in [-0.2, 0) is 0 Å².